The van der Waals surface area contributed by atoms with Gasteiger partial charge in [-0.1, -0.05) is 12.1 Å². The van der Waals surface area contributed by atoms with Crippen molar-refractivity contribution in [3.05, 3.63) is 53.7 Å². The second kappa shape index (κ2) is 5.01. The number of aliphatic hydroxyl groups is 1. The van der Waals surface area contributed by atoms with Crippen molar-refractivity contribution in [3.63, 3.8) is 0 Å². The average Bonchev–Trinajstić information content (AvgIpc) is 2.84. The van der Waals surface area contributed by atoms with Crippen molar-refractivity contribution in [3.8, 4) is 0 Å². The summed E-state index contributed by atoms with van der Waals surface area (Å²) in [6.45, 7) is 1.90. The Morgan fingerprint density at radius 3 is 2.88 bits per heavy atom. The van der Waals surface area contributed by atoms with Crippen molar-refractivity contribution in [1.82, 2.24) is 0 Å². The largest absolute Gasteiger partial charge is 0.467 e. The number of halogens is 1. The number of aryl methyl sites for hydroxylation is 1. The van der Waals surface area contributed by atoms with Gasteiger partial charge in [0.2, 0.25) is 0 Å². The van der Waals surface area contributed by atoms with E-state index in [1.54, 1.807) is 37.3 Å². The summed E-state index contributed by atoms with van der Waals surface area (Å²) in [5.41, 5.74) is 0.957. The molecule has 2 N–H and O–H groups in total. The zero-order chi connectivity index (χ0) is 12.3. The summed E-state index contributed by atoms with van der Waals surface area (Å²) in [6.07, 6.45) is 0.705. The highest BCUT2D eigenvalue weighted by Crippen LogP contribution is 2.19. The highest BCUT2D eigenvalue weighted by Gasteiger charge is 2.11. The van der Waals surface area contributed by atoms with E-state index in [9.17, 15) is 9.50 Å². The molecule has 0 aliphatic heterocycles. The lowest BCUT2D eigenvalue weighted by molar-refractivity contribution is 0.162. The summed E-state index contributed by atoms with van der Waals surface area (Å²) >= 11 is 0. The zero-order valence-corrected chi connectivity index (χ0v) is 9.48. The Labute approximate surface area is 98.9 Å². The van der Waals surface area contributed by atoms with E-state index in [2.05, 4.69) is 5.32 Å². The fraction of sp³-hybridized carbons (Fsp3) is 0.231. The standard InChI is InChI=1S/C13H14FNO2/c1-9-4-2-5-10(13(9)14)15-8-11(16)12-6-3-7-17-12/h2-7,11,15-16H,8H2,1H3. The van der Waals surface area contributed by atoms with Gasteiger partial charge in [-0.25, -0.2) is 4.39 Å². The first-order chi connectivity index (χ1) is 8.18. The molecule has 2 rings (SSSR count). The van der Waals surface area contributed by atoms with Gasteiger partial charge >= 0.3 is 0 Å². The third-order valence-corrected chi connectivity index (χ3v) is 2.55. The van der Waals surface area contributed by atoms with Gasteiger partial charge in [0, 0.05) is 6.54 Å². The van der Waals surface area contributed by atoms with Crippen LogP contribution in [0.2, 0.25) is 0 Å². The topological polar surface area (TPSA) is 45.4 Å². The van der Waals surface area contributed by atoms with Crippen molar-refractivity contribution in [2.75, 3.05) is 11.9 Å². The molecule has 0 aliphatic carbocycles. The van der Waals surface area contributed by atoms with Gasteiger partial charge < -0.3 is 14.8 Å². The normalized spacial score (nSPS) is 12.4. The number of anilines is 1. The van der Waals surface area contributed by atoms with Crippen molar-refractivity contribution in [2.45, 2.75) is 13.0 Å². The molecule has 0 fully saturated rings. The second-order valence-corrected chi connectivity index (χ2v) is 3.85. The van der Waals surface area contributed by atoms with E-state index in [1.165, 1.54) is 6.26 Å². The molecule has 1 aromatic carbocycles. The summed E-state index contributed by atoms with van der Waals surface area (Å²) in [4.78, 5) is 0. The number of hydrogen-bond donors (Lipinski definition) is 2. The summed E-state index contributed by atoms with van der Waals surface area (Å²) in [5.74, 6) is 0.171. The van der Waals surface area contributed by atoms with Crippen molar-refractivity contribution in [2.24, 2.45) is 0 Å². The van der Waals surface area contributed by atoms with Crippen LogP contribution in [0.5, 0.6) is 0 Å². The molecule has 0 saturated carbocycles. The molecule has 90 valence electrons. The van der Waals surface area contributed by atoms with E-state index in [0.29, 0.717) is 17.0 Å². The minimum absolute atomic E-state index is 0.202. The Kier molecular flexibility index (Phi) is 3.44. The van der Waals surface area contributed by atoms with E-state index in [-0.39, 0.29) is 12.4 Å². The average molecular weight is 235 g/mol. The maximum atomic E-state index is 13.6. The SMILES string of the molecule is Cc1cccc(NCC(O)c2ccco2)c1F. The Balaban J connectivity index is 2.00. The Bertz CT molecular complexity index is 482. The smallest absolute Gasteiger partial charge is 0.149 e. The zero-order valence-electron chi connectivity index (χ0n) is 9.48. The van der Waals surface area contributed by atoms with Gasteiger partial charge in [0.1, 0.15) is 17.7 Å². The van der Waals surface area contributed by atoms with Gasteiger partial charge in [0.25, 0.3) is 0 Å². The number of hydrogen-bond acceptors (Lipinski definition) is 3. The van der Waals surface area contributed by atoms with Crippen LogP contribution in [0.4, 0.5) is 10.1 Å². The molecule has 1 atom stereocenters. The second-order valence-electron chi connectivity index (χ2n) is 3.85. The first-order valence-corrected chi connectivity index (χ1v) is 5.39. The van der Waals surface area contributed by atoms with Crippen LogP contribution in [-0.4, -0.2) is 11.7 Å². The molecule has 17 heavy (non-hydrogen) atoms. The molecule has 0 amide bonds. The maximum absolute atomic E-state index is 13.6. The van der Waals surface area contributed by atoms with E-state index in [1.807, 2.05) is 0 Å². The number of aliphatic hydroxyl groups excluding tert-OH is 1. The Morgan fingerprint density at radius 1 is 1.35 bits per heavy atom. The van der Waals surface area contributed by atoms with Crippen LogP contribution in [0.1, 0.15) is 17.4 Å². The lowest BCUT2D eigenvalue weighted by Gasteiger charge is -2.12. The maximum Gasteiger partial charge on any atom is 0.149 e. The van der Waals surface area contributed by atoms with E-state index >= 15 is 0 Å². The van der Waals surface area contributed by atoms with Gasteiger partial charge in [-0.15, -0.1) is 0 Å². The molecule has 4 heteroatoms. The number of rotatable bonds is 4. The lowest BCUT2D eigenvalue weighted by Crippen LogP contribution is -2.12. The third-order valence-electron chi connectivity index (χ3n) is 2.55. The molecule has 0 aliphatic rings. The van der Waals surface area contributed by atoms with E-state index in [0.717, 1.165) is 0 Å². The van der Waals surface area contributed by atoms with Crippen LogP contribution in [0.15, 0.2) is 41.0 Å². The summed E-state index contributed by atoms with van der Waals surface area (Å²) in [7, 11) is 0. The van der Waals surface area contributed by atoms with Gasteiger partial charge in [-0.05, 0) is 30.7 Å². The highest BCUT2D eigenvalue weighted by molar-refractivity contribution is 5.47. The van der Waals surface area contributed by atoms with Crippen molar-refractivity contribution >= 4 is 5.69 Å². The van der Waals surface area contributed by atoms with Gasteiger partial charge in [0.05, 0.1) is 12.0 Å². The third kappa shape index (κ3) is 2.65. The molecule has 0 spiro atoms. The lowest BCUT2D eigenvalue weighted by atomic mass is 10.2. The summed E-state index contributed by atoms with van der Waals surface area (Å²) in [6, 6.07) is 8.48. The highest BCUT2D eigenvalue weighted by atomic mass is 19.1. The quantitative estimate of drug-likeness (QED) is 0.856. The van der Waals surface area contributed by atoms with Crippen LogP contribution in [-0.2, 0) is 0 Å². The van der Waals surface area contributed by atoms with Crippen molar-refractivity contribution < 1.29 is 13.9 Å². The summed E-state index contributed by atoms with van der Waals surface area (Å²) < 4.78 is 18.7. The van der Waals surface area contributed by atoms with Crippen LogP contribution in [0, 0.1) is 12.7 Å². The molecule has 0 bridgehead atoms. The minimum atomic E-state index is -0.787. The molecule has 0 radical (unpaired) electrons. The van der Waals surface area contributed by atoms with Crippen LogP contribution < -0.4 is 5.32 Å². The fourth-order valence-corrected chi connectivity index (χ4v) is 1.57. The fourth-order valence-electron chi connectivity index (χ4n) is 1.57. The summed E-state index contributed by atoms with van der Waals surface area (Å²) in [5, 5.41) is 12.6. The molecular weight excluding hydrogens is 221 g/mol. The van der Waals surface area contributed by atoms with Crippen molar-refractivity contribution in [1.29, 1.82) is 0 Å². The first-order valence-electron chi connectivity index (χ1n) is 5.39. The number of furan rings is 1. The Morgan fingerprint density at radius 2 is 2.18 bits per heavy atom. The Hall–Kier alpha value is -1.81. The first kappa shape index (κ1) is 11.7. The van der Waals surface area contributed by atoms with Gasteiger partial charge in [-0.3, -0.25) is 0 Å². The minimum Gasteiger partial charge on any atom is -0.467 e. The number of nitrogens with one attached hydrogen (secondary N) is 1. The van der Waals surface area contributed by atoms with Crippen LogP contribution in [0.3, 0.4) is 0 Å². The molecule has 0 saturated heterocycles. The molecule has 1 heterocycles. The van der Waals surface area contributed by atoms with Crippen LogP contribution >= 0.6 is 0 Å². The van der Waals surface area contributed by atoms with Gasteiger partial charge in [-0.2, -0.15) is 0 Å². The molecule has 1 aromatic heterocycles. The van der Waals surface area contributed by atoms with Crippen LogP contribution in [0.25, 0.3) is 0 Å². The number of benzene rings is 1. The molecule has 3 nitrogen and oxygen atoms in total. The monoisotopic (exact) mass is 235 g/mol. The van der Waals surface area contributed by atoms with E-state index in [4.69, 9.17) is 4.42 Å². The van der Waals surface area contributed by atoms with Gasteiger partial charge in [0.15, 0.2) is 0 Å². The predicted octanol–water partition coefficient (Wildman–Crippen LogP) is 2.87. The molecule has 1 unspecified atom stereocenters. The van der Waals surface area contributed by atoms with E-state index < -0.39 is 6.10 Å². The predicted molar refractivity (Wildman–Crippen MR) is 63.3 cm³/mol. The molecule has 2 aromatic rings. The molecular formula is C13H14FNO2.